The van der Waals surface area contributed by atoms with Crippen LogP contribution in [-0.4, -0.2) is 215 Å². The fraction of sp³-hybridized carbons (Fsp3) is 0.500. The molecule has 3 aromatic carbocycles. The second kappa shape index (κ2) is 42.0. The van der Waals surface area contributed by atoms with Crippen molar-refractivity contribution < 1.29 is 77.2 Å². The average molecular weight is 1640 g/mol. The number of primary amides is 1. The normalized spacial score (nSPS) is 14.4. The number of ether oxygens (including phenoxy) is 2. The lowest BCUT2D eigenvalue weighted by molar-refractivity contribution is -0.138. The fourth-order valence-corrected chi connectivity index (χ4v) is 12.4. The largest absolute Gasteiger partial charge is 0.508 e. The van der Waals surface area contributed by atoms with E-state index in [1.165, 1.54) is 103 Å². The number of Topliss-reactive ketones (excluding diaryl/α,β-unsaturated/α-hetero) is 1. The first kappa shape index (κ1) is 94.1. The van der Waals surface area contributed by atoms with Gasteiger partial charge in [-0.25, -0.2) is 4.79 Å². The van der Waals surface area contributed by atoms with Gasteiger partial charge >= 0.3 is 5.97 Å². The zero-order valence-corrected chi connectivity index (χ0v) is 66.1. The van der Waals surface area contributed by atoms with E-state index in [0.29, 0.717) is 0 Å². The summed E-state index contributed by atoms with van der Waals surface area (Å²) in [4.78, 5) is 173. The Morgan fingerprint density at radius 1 is 0.427 bits per heavy atom. The molecular weight excluding hydrogens is 1530 g/mol. The second-order valence-electron chi connectivity index (χ2n) is 29.5. The molecule has 45 heteroatoms. The van der Waals surface area contributed by atoms with E-state index < -0.39 is 171 Å². The minimum atomic E-state index is -2.07. The van der Waals surface area contributed by atoms with Gasteiger partial charge in [-0.1, -0.05) is 0 Å². The van der Waals surface area contributed by atoms with Gasteiger partial charge in [-0.15, -0.1) is 0 Å². The molecule has 0 bridgehead atoms. The molecule has 8 atom stereocenters. The summed E-state index contributed by atoms with van der Waals surface area (Å²) in [5.41, 5.74) is 37.7. The highest BCUT2D eigenvalue weighted by atomic mass is 16.6. The molecule has 3 aromatic rings. The van der Waals surface area contributed by atoms with Crippen molar-refractivity contribution in [2.24, 2.45) is 51.8 Å². The van der Waals surface area contributed by atoms with Crippen LogP contribution in [0.1, 0.15) is 157 Å². The number of nitrogens with two attached hydrogens (primary N) is 8. The van der Waals surface area contributed by atoms with Crippen molar-refractivity contribution in [3.63, 3.8) is 0 Å². The van der Waals surface area contributed by atoms with Crippen LogP contribution < -0.4 is 130 Å². The Labute approximate surface area is 673 Å². The highest BCUT2D eigenvalue weighted by Crippen LogP contribution is 2.57. The molecule has 10 amide bonds. The summed E-state index contributed by atoms with van der Waals surface area (Å²) >= 11 is 0. The second-order valence-corrected chi connectivity index (χ2v) is 29.5. The van der Waals surface area contributed by atoms with Crippen molar-refractivity contribution in [1.29, 1.82) is 32.5 Å². The number of benzene rings is 3. The van der Waals surface area contributed by atoms with Gasteiger partial charge in [0.2, 0.25) is 53.2 Å². The zero-order valence-electron chi connectivity index (χ0n) is 66.1. The van der Waals surface area contributed by atoms with E-state index in [0.717, 1.165) is 0 Å². The summed E-state index contributed by atoms with van der Waals surface area (Å²) in [5, 5.41) is 106. The van der Waals surface area contributed by atoms with Gasteiger partial charge in [0, 0.05) is 73.7 Å². The Morgan fingerprint density at radius 2 is 0.769 bits per heavy atom. The van der Waals surface area contributed by atoms with Crippen molar-refractivity contribution >= 4 is 107 Å². The highest BCUT2D eigenvalue weighted by molar-refractivity contribution is 6.05. The number of nitrogens with one attached hydrogen (secondary N) is 21. The molecule has 1 unspecified atom stereocenters. The standard InChI is InChI=1S/C72H111N29O16/c1-34(73)51(104)39(24-30-92-68(85)86)50(98-52(105)35-18-21-38-42(31-35)72(117-59(38)112)40-22-19-36(102)32-48(40)116-49-33-37(103)20-23-41(49)72)58(111)95-47(17-12-29-91-67(83)84)57(110)101-71(6,7)62(115)97-44(14-9-26-88-64(77)78)54(107)94-46(16-11-28-90-66(81)82)56(109)100-70(4,5)61(114)96-43(13-8-25-87-63(75)76)53(106)93-45(15-10-27-89-65(79)80)55(108)99-69(2,3)60(74)113/h18-23,31-34,39,43-47,50,102-103H,8-17,24-30,73H2,1-7H3,(H2,74,113)(H,93,106)(H,94,107)(H,95,111)(H,96,114)(H,97,115)(H,98,105)(H,99,108)(H,100,109)(H,101,110)(H4,75,76,87)(H4,77,78,88)(H4,79,80,89)(H4,81,82,90)(H4,83,84,91)(H4,85,86,92)/t34-,39?,43-,44-,45+,46+,47+,50-/m0/s1. The lowest BCUT2D eigenvalue weighted by atomic mass is 9.77. The van der Waals surface area contributed by atoms with E-state index in [1.807, 2.05) is 0 Å². The number of hydrogen-bond donors (Lipinski definition) is 31. The molecule has 0 saturated heterocycles. The molecule has 2 aliphatic heterocycles. The van der Waals surface area contributed by atoms with Crippen LogP contribution in [0, 0.1) is 38.4 Å². The maximum Gasteiger partial charge on any atom is 0.340 e. The number of hydrogen-bond acceptors (Lipinski definition) is 23. The lowest BCUT2D eigenvalue weighted by Gasteiger charge is -2.36. The Hall–Kier alpha value is -13.5. The summed E-state index contributed by atoms with van der Waals surface area (Å²) in [7, 11) is 0. The molecule has 640 valence electrons. The molecule has 117 heavy (non-hydrogen) atoms. The number of ketones is 1. The molecule has 1 spiro atoms. The first-order chi connectivity index (χ1) is 54.7. The predicted octanol–water partition coefficient (Wildman–Crippen LogP) is -5.92. The van der Waals surface area contributed by atoms with Crippen LogP contribution in [0.15, 0.2) is 54.6 Å². The maximum atomic E-state index is 15.3. The smallest absolute Gasteiger partial charge is 0.340 e. The number of amides is 10. The number of esters is 1. The maximum absolute atomic E-state index is 15.3. The van der Waals surface area contributed by atoms with E-state index in [-0.39, 0.29) is 167 Å². The first-order valence-electron chi connectivity index (χ1n) is 37.3. The Morgan fingerprint density at radius 3 is 1.12 bits per heavy atom. The van der Waals surface area contributed by atoms with Gasteiger partial charge in [-0.05, 0) is 162 Å². The summed E-state index contributed by atoms with van der Waals surface area (Å²) in [5.74, 6) is -16.3. The number of rotatable bonds is 45. The first-order valence-corrected chi connectivity index (χ1v) is 37.3. The van der Waals surface area contributed by atoms with Crippen LogP contribution in [-0.2, 0) is 58.3 Å². The third kappa shape index (κ3) is 27.4. The zero-order chi connectivity index (χ0) is 87.6. The molecule has 2 heterocycles. The number of phenols is 2. The molecule has 0 fully saturated rings. The van der Waals surface area contributed by atoms with Crippen molar-refractivity contribution in [2.75, 3.05) is 39.3 Å². The number of guanidine groups is 6. The summed E-state index contributed by atoms with van der Waals surface area (Å²) in [6.45, 7) is 8.71. The molecule has 2 aliphatic rings. The molecule has 5 rings (SSSR count). The fourth-order valence-electron chi connectivity index (χ4n) is 12.4. The Kier molecular flexibility index (Phi) is 33.8. The van der Waals surface area contributed by atoms with Crippen LogP contribution in [0.25, 0.3) is 0 Å². The van der Waals surface area contributed by atoms with Gasteiger partial charge < -0.3 is 145 Å². The highest BCUT2D eigenvalue weighted by Gasteiger charge is 2.54. The number of carbonyl (C=O) groups excluding carboxylic acids is 12. The summed E-state index contributed by atoms with van der Waals surface area (Å²) in [6.07, 6.45) is -1.19. The molecule has 45 nitrogen and oxygen atoms in total. The van der Waals surface area contributed by atoms with Crippen molar-refractivity contribution in [3.8, 4) is 23.0 Å². The van der Waals surface area contributed by atoms with Crippen molar-refractivity contribution in [1.82, 2.24) is 79.8 Å². The molecular formula is C72H111N29O16. The molecule has 39 N–H and O–H groups in total. The Bertz CT molecular complexity index is 4210. The SMILES string of the molecule is C[C@H](N)C(=O)C(CCNC(=N)N)[C@H](NC(=O)c1ccc2c(c1)C1(OC2=O)c2ccc(O)cc2Oc2cc(O)ccc21)C(=O)N[C@H](CCCNC(=N)N)C(=O)NC(C)(C)C(=O)N[C@@H](CCCNC(=N)N)C(=O)N[C@H](CCCNC(=N)N)C(=O)NC(C)(C)C(=O)N[C@@H](CCCNC(=N)N)C(=O)N[C@H](CCCNC(=N)N)C(=O)NC(C)(C)C(N)=O. The van der Waals surface area contributed by atoms with E-state index in [9.17, 15) is 58.2 Å². The third-order valence-corrected chi connectivity index (χ3v) is 18.7. The minimum Gasteiger partial charge on any atom is -0.508 e. The molecule has 0 aromatic heterocycles. The van der Waals surface area contributed by atoms with Crippen LogP contribution in [0.2, 0.25) is 0 Å². The molecule has 0 aliphatic carbocycles. The lowest BCUT2D eigenvalue weighted by Crippen LogP contribution is -2.64. The van der Waals surface area contributed by atoms with Gasteiger partial charge in [-0.3, -0.25) is 85.2 Å². The van der Waals surface area contributed by atoms with Gasteiger partial charge in [0.1, 0.15) is 75.9 Å². The van der Waals surface area contributed by atoms with Crippen LogP contribution in [0.3, 0.4) is 0 Å². The quantitative estimate of drug-likeness (QED) is 0.0108. The number of carbonyl (C=O) groups is 12. The molecule has 0 saturated carbocycles. The van der Waals surface area contributed by atoms with Crippen LogP contribution >= 0.6 is 0 Å². The van der Waals surface area contributed by atoms with Gasteiger partial charge in [-0.2, -0.15) is 0 Å². The van der Waals surface area contributed by atoms with Crippen molar-refractivity contribution in [3.05, 3.63) is 82.4 Å². The third-order valence-electron chi connectivity index (χ3n) is 18.7. The van der Waals surface area contributed by atoms with E-state index >= 15 is 9.59 Å². The Balaban J connectivity index is 1.48. The van der Waals surface area contributed by atoms with E-state index in [2.05, 4.69) is 79.8 Å². The number of fused-ring (bicyclic) bond motifs is 6. The minimum absolute atomic E-state index is 0.000159. The topological polar surface area (TPSA) is 795 Å². The van der Waals surface area contributed by atoms with Gasteiger partial charge in [0.25, 0.3) is 5.91 Å². The van der Waals surface area contributed by atoms with Gasteiger partial charge in [0.05, 0.1) is 17.5 Å². The number of phenolic OH excluding ortho intramolecular Hbond substituents is 2. The van der Waals surface area contributed by atoms with E-state index in [4.69, 9.17) is 87.8 Å². The predicted molar refractivity (Wildman–Crippen MR) is 427 cm³/mol. The van der Waals surface area contributed by atoms with Crippen molar-refractivity contribution in [2.45, 2.75) is 184 Å². The monoisotopic (exact) mass is 1640 g/mol. The van der Waals surface area contributed by atoms with Gasteiger partial charge in [0.15, 0.2) is 47.1 Å². The van der Waals surface area contributed by atoms with E-state index in [1.54, 1.807) is 0 Å². The average Bonchev–Trinajstić information content (AvgIpc) is 1.58. The summed E-state index contributed by atoms with van der Waals surface area (Å²) in [6, 6.07) is 0.859. The summed E-state index contributed by atoms with van der Waals surface area (Å²) < 4.78 is 12.3. The van der Waals surface area contributed by atoms with Crippen LogP contribution in [0.5, 0.6) is 23.0 Å². The number of aromatic hydroxyl groups is 2. The molecule has 0 radical (unpaired) electrons. The van der Waals surface area contributed by atoms with Crippen LogP contribution in [0.4, 0.5) is 0 Å².